The van der Waals surface area contributed by atoms with Gasteiger partial charge in [-0.05, 0) is 0 Å². The van der Waals surface area contributed by atoms with Gasteiger partial charge in [0.05, 0.1) is 5.75 Å². The van der Waals surface area contributed by atoms with Crippen molar-refractivity contribution >= 4 is 22.1 Å². The summed E-state index contributed by atoms with van der Waals surface area (Å²) in [5.74, 6) is -6.08. The van der Waals surface area contributed by atoms with E-state index in [2.05, 4.69) is 9.47 Å². The molecule has 15 heavy (non-hydrogen) atoms. The lowest BCUT2D eigenvalue weighted by molar-refractivity contribution is -0.238. The highest BCUT2D eigenvalue weighted by Gasteiger charge is 2.45. The zero-order valence-electron chi connectivity index (χ0n) is 8.09. The maximum atomic E-state index is 11.2. The van der Waals surface area contributed by atoms with E-state index in [1.807, 2.05) is 0 Å². The van der Waals surface area contributed by atoms with E-state index in [-0.39, 0.29) is 0 Å². The van der Waals surface area contributed by atoms with Crippen LogP contribution in [0.4, 0.5) is 0 Å². The van der Waals surface area contributed by atoms with Gasteiger partial charge in [0.25, 0.3) is 15.9 Å². The Balaban J connectivity index is 2.85. The quantitative estimate of drug-likeness (QED) is 0.386. The summed E-state index contributed by atoms with van der Waals surface area (Å²) in [6, 6.07) is 0. The second-order valence-corrected chi connectivity index (χ2v) is 5.04. The lowest BCUT2D eigenvalue weighted by atomic mass is 10.1. The second kappa shape index (κ2) is 3.46. The van der Waals surface area contributed by atoms with Gasteiger partial charge < -0.3 is 9.47 Å². The largest absolute Gasteiger partial charge is 0.422 e. The highest BCUT2D eigenvalue weighted by molar-refractivity contribution is 7.85. The number of carbonyl (C=O) groups excluding carboxylic acids is 2. The number of hydrogen-bond acceptors (Lipinski definition) is 6. The van der Waals surface area contributed by atoms with Crippen LogP contribution < -0.4 is 0 Å². The molecule has 1 saturated heterocycles. The highest BCUT2D eigenvalue weighted by atomic mass is 32.2. The summed E-state index contributed by atoms with van der Waals surface area (Å²) in [5, 5.41) is 0. The summed E-state index contributed by atoms with van der Waals surface area (Å²) >= 11 is 0. The molecular weight excluding hydrogens is 228 g/mol. The van der Waals surface area contributed by atoms with Crippen LogP contribution in [0.2, 0.25) is 0 Å². The second-order valence-electron chi connectivity index (χ2n) is 3.54. The molecule has 7 nitrogen and oxygen atoms in total. The first-order valence-corrected chi connectivity index (χ1v) is 5.62. The van der Waals surface area contributed by atoms with Crippen LogP contribution in [0.3, 0.4) is 0 Å². The molecule has 86 valence electrons. The van der Waals surface area contributed by atoms with Crippen molar-refractivity contribution in [3.63, 3.8) is 0 Å². The third kappa shape index (κ3) is 3.17. The Morgan fingerprint density at radius 1 is 1.27 bits per heavy atom. The van der Waals surface area contributed by atoms with Crippen LogP contribution in [-0.2, 0) is 29.2 Å². The normalized spacial score (nSPS) is 22.1. The molecule has 0 aliphatic carbocycles. The zero-order valence-corrected chi connectivity index (χ0v) is 8.91. The van der Waals surface area contributed by atoms with Gasteiger partial charge in [0.2, 0.25) is 0 Å². The fourth-order valence-electron chi connectivity index (χ4n) is 1.09. The molecule has 0 amide bonds. The Morgan fingerprint density at radius 2 is 1.67 bits per heavy atom. The number of hydrogen-bond donors (Lipinski definition) is 1. The number of rotatable bonds is 2. The molecule has 0 radical (unpaired) electrons. The van der Waals surface area contributed by atoms with Gasteiger partial charge >= 0.3 is 11.9 Å². The lowest BCUT2D eigenvalue weighted by Gasteiger charge is -2.32. The van der Waals surface area contributed by atoms with E-state index in [1.165, 1.54) is 13.8 Å². The van der Waals surface area contributed by atoms with E-state index in [9.17, 15) is 18.0 Å². The van der Waals surface area contributed by atoms with E-state index < -0.39 is 39.5 Å². The Bertz CT molecular complexity index is 374. The van der Waals surface area contributed by atoms with Crippen molar-refractivity contribution in [2.24, 2.45) is 5.92 Å². The van der Waals surface area contributed by atoms with E-state index in [4.69, 9.17) is 4.55 Å². The topological polar surface area (TPSA) is 107 Å². The zero-order chi connectivity index (χ0) is 11.9. The minimum atomic E-state index is -4.43. The SMILES string of the molecule is CC1(C)OC(=O)C(CS(=O)(=O)O)C(=O)O1. The van der Waals surface area contributed by atoms with Gasteiger partial charge in [0.1, 0.15) is 0 Å². The summed E-state index contributed by atoms with van der Waals surface area (Å²) in [4.78, 5) is 22.4. The number of esters is 2. The molecule has 1 N–H and O–H groups in total. The number of ether oxygens (including phenoxy) is 2. The average Bonchev–Trinajstić information content (AvgIpc) is 1.93. The van der Waals surface area contributed by atoms with E-state index >= 15 is 0 Å². The molecule has 1 rings (SSSR count). The molecule has 1 heterocycles. The van der Waals surface area contributed by atoms with E-state index in [0.717, 1.165) is 0 Å². The van der Waals surface area contributed by atoms with Crippen LogP contribution >= 0.6 is 0 Å². The Hall–Kier alpha value is -1.15. The van der Waals surface area contributed by atoms with Crippen LogP contribution in [-0.4, -0.2) is 36.4 Å². The molecule has 0 unspecified atom stereocenters. The van der Waals surface area contributed by atoms with Crippen molar-refractivity contribution in [3.8, 4) is 0 Å². The molecule has 0 atom stereocenters. The predicted molar refractivity (Wildman–Crippen MR) is 46.2 cm³/mol. The van der Waals surface area contributed by atoms with Crippen molar-refractivity contribution < 1.29 is 32.0 Å². The maximum Gasteiger partial charge on any atom is 0.324 e. The first kappa shape index (κ1) is 11.9. The van der Waals surface area contributed by atoms with Crippen molar-refractivity contribution in [2.75, 3.05) is 5.75 Å². The minimum absolute atomic E-state index is 1.02. The van der Waals surface area contributed by atoms with E-state index in [1.54, 1.807) is 0 Å². The fraction of sp³-hybridized carbons (Fsp3) is 0.714. The molecule has 0 spiro atoms. The summed E-state index contributed by atoms with van der Waals surface area (Å²) < 4.78 is 38.8. The van der Waals surface area contributed by atoms with Crippen molar-refractivity contribution in [1.82, 2.24) is 0 Å². The smallest absolute Gasteiger partial charge is 0.324 e. The Kier molecular flexibility index (Phi) is 2.75. The first-order chi connectivity index (χ1) is 6.61. The van der Waals surface area contributed by atoms with Crippen LogP contribution in [0.15, 0.2) is 0 Å². The molecule has 8 heteroatoms. The van der Waals surface area contributed by atoms with Crippen LogP contribution in [0.5, 0.6) is 0 Å². The van der Waals surface area contributed by atoms with Gasteiger partial charge in [-0.15, -0.1) is 0 Å². The van der Waals surface area contributed by atoms with Gasteiger partial charge in [-0.25, -0.2) is 0 Å². The maximum absolute atomic E-state index is 11.2. The predicted octanol–water partition coefficient (Wildman–Crippen LogP) is -0.673. The molecule has 0 aromatic rings. The van der Waals surface area contributed by atoms with Crippen LogP contribution in [0, 0.1) is 5.92 Å². The van der Waals surface area contributed by atoms with Crippen molar-refractivity contribution in [3.05, 3.63) is 0 Å². The molecule has 1 fully saturated rings. The molecular formula is C7H10O7S. The molecule has 1 aliphatic rings. The molecule has 1 aliphatic heterocycles. The standard InChI is InChI=1S/C7H10O7S/c1-7(2)13-5(8)4(6(9)14-7)3-15(10,11)12/h4H,3H2,1-2H3,(H,10,11,12). The first-order valence-electron chi connectivity index (χ1n) is 4.01. The summed E-state index contributed by atoms with van der Waals surface area (Å²) in [6.07, 6.45) is 0. The number of cyclic esters (lactones) is 2. The molecule has 0 saturated carbocycles. The average molecular weight is 238 g/mol. The Morgan fingerprint density at radius 3 is 2.00 bits per heavy atom. The van der Waals surface area contributed by atoms with Gasteiger partial charge in [0, 0.05) is 13.8 Å². The summed E-state index contributed by atoms with van der Waals surface area (Å²) in [7, 11) is -4.43. The van der Waals surface area contributed by atoms with Crippen molar-refractivity contribution in [1.29, 1.82) is 0 Å². The molecule has 0 aromatic heterocycles. The monoisotopic (exact) mass is 238 g/mol. The molecule has 0 bridgehead atoms. The summed E-state index contributed by atoms with van der Waals surface area (Å²) in [5.41, 5.74) is 0. The highest BCUT2D eigenvalue weighted by Crippen LogP contribution is 2.23. The van der Waals surface area contributed by atoms with Gasteiger partial charge in [-0.1, -0.05) is 0 Å². The molecule has 0 aromatic carbocycles. The van der Waals surface area contributed by atoms with Crippen molar-refractivity contribution in [2.45, 2.75) is 19.6 Å². The summed E-state index contributed by atoms with van der Waals surface area (Å²) in [6.45, 7) is 2.68. The van der Waals surface area contributed by atoms with Gasteiger partial charge in [-0.3, -0.25) is 14.1 Å². The third-order valence-corrected chi connectivity index (χ3v) is 2.39. The van der Waals surface area contributed by atoms with Gasteiger partial charge in [-0.2, -0.15) is 8.42 Å². The van der Waals surface area contributed by atoms with E-state index in [0.29, 0.717) is 0 Å². The van der Waals surface area contributed by atoms with Crippen LogP contribution in [0.1, 0.15) is 13.8 Å². The fourth-order valence-corrected chi connectivity index (χ4v) is 1.78. The number of carbonyl (C=O) groups is 2. The van der Waals surface area contributed by atoms with Gasteiger partial charge in [0.15, 0.2) is 5.92 Å². The third-order valence-electron chi connectivity index (χ3n) is 1.64. The Labute approximate surface area is 86.1 Å². The minimum Gasteiger partial charge on any atom is -0.422 e. The van der Waals surface area contributed by atoms with Crippen LogP contribution in [0.25, 0.3) is 0 Å². The lowest BCUT2D eigenvalue weighted by Crippen LogP contribution is -2.48.